The van der Waals surface area contributed by atoms with Gasteiger partial charge in [0.15, 0.2) is 0 Å². The molecule has 3 rings (SSSR count). The standard InChI is InChI=1S/C30H37N3O5S/c1-5-24-13-11-12-16-28(24)33(39(36,37)26-14-9-8-10-15-26)22-29(34)32(27(6-2)30(35)31-7-3)21-23-17-19-25(38-4)20-18-23/h8-20,27H,5-7,21-22H2,1-4H3,(H,31,35). The van der Waals surface area contributed by atoms with Crippen LogP contribution in [0.25, 0.3) is 0 Å². The number of benzene rings is 3. The molecule has 1 atom stereocenters. The largest absolute Gasteiger partial charge is 0.497 e. The Hall–Kier alpha value is -3.85. The minimum Gasteiger partial charge on any atom is -0.497 e. The van der Waals surface area contributed by atoms with Crippen LogP contribution in [0.1, 0.15) is 38.3 Å². The number of sulfonamides is 1. The van der Waals surface area contributed by atoms with Crippen molar-refractivity contribution in [3.05, 3.63) is 90.0 Å². The Balaban J connectivity index is 2.07. The number of rotatable bonds is 13. The van der Waals surface area contributed by atoms with Gasteiger partial charge in [0.2, 0.25) is 11.8 Å². The third-order valence-electron chi connectivity index (χ3n) is 6.50. The summed E-state index contributed by atoms with van der Waals surface area (Å²) >= 11 is 0. The number of carbonyl (C=O) groups excluding carboxylic acids is 2. The molecule has 1 unspecified atom stereocenters. The summed E-state index contributed by atoms with van der Waals surface area (Å²) in [6, 6.07) is 21.7. The Labute approximate surface area is 231 Å². The molecule has 2 amide bonds. The van der Waals surface area contributed by atoms with Gasteiger partial charge in [0.1, 0.15) is 18.3 Å². The summed E-state index contributed by atoms with van der Waals surface area (Å²) in [6.07, 6.45) is 0.946. The molecule has 3 aromatic carbocycles. The number of anilines is 1. The summed E-state index contributed by atoms with van der Waals surface area (Å²) in [5, 5.41) is 2.81. The number of likely N-dealkylation sites (N-methyl/N-ethyl adjacent to an activating group) is 1. The Morgan fingerprint density at radius 1 is 0.897 bits per heavy atom. The Morgan fingerprint density at radius 2 is 1.54 bits per heavy atom. The van der Waals surface area contributed by atoms with E-state index in [2.05, 4.69) is 5.32 Å². The molecule has 0 saturated carbocycles. The van der Waals surface area contributed by atoms with Gasteiger partial charge in [-0.1, -0.05) is 62.4 Å². The van der Waals surface area contributed by atoms with Crippen LogP contribution >= 0.6 is 0 Å². The van der Waals surface area contributed by atoms with E-state index in [0.717, 1.165) is 15.4 Å². The third kappa shape index (κ3) is 7.17. The van der Waals surface area contributed by atoms with Crippen LogP contribution in [0.15, 0.2) is 83.8 Å². The summed E-state index contributed by atoms with van der Waals surface area (Å²) in [7, 11) is -2.52. The quantitative estimate of drug-likeness (QED) is 0.340. The van der Waals surface area contributed by atoms with Gasteiger partial charge in [-0.15, -0.1) is 0 Å². The monoisotopic (exact) mass is 551 g/mol. The predicted octanol–water partition coefficient (Wildman–Crippen LogP) is 4.40. The van der Waals surface area contributed by atoms with Gasteiger partial charge >= 0.3 is 0 Å². The molecule has 208 valence electrons. The predicted molar refractivity (Wildman–Crippen MR) is 153 cm³/mol. The van der Waals surface area contributed by atoms with E-state index >= 15 is 0 Å². The molecular formula is C30H37N3O5S. The molecule has 0 bridgehead atoms. The first kappa shape index (κ1) is 29.7. The van der Waals surface area contributed by atoms with E-state index in [0.29, 0.717) is 30.8 Å². The van der Waals surface area contributed by atoms with Crippen LogP contribution in [0.4, 0.5) is 5.69 Å². The molecule has 0 aliphatic heterocycles. The third-order valence-corrected chi connectivity index (χ3v) is 8.27. The lowest BCUT2D eigenvalue weighted by atomic mass is 10.1. The molecule has 1 N–H and O–H groups in total. The maximum atomic E-state index is 14.1. The molecule has 9 heteroatoms. The van der Waals surface area contributed by atoms with Crippen molar-refractivity contribution in [3.8, 4) is 5.75 Å². The number of aryl methyl sites for hydroxylation is 1. The highest BCUT2D eigenvalue weighted by Gasteiger charge is 2.34. The van der Waals surface area contributed by atoms with Crippen molar-refractivity contribution in [2.24, 2.45) is 0 Å². The Kier molecular flexibility index (Phi) is 10.5. The second-order valence-electron chi connectivity index (χ2n) is 9.00. The fourth-order valence-electron chi connectivity index (χ4n) is 4.43. The lowest BCUT2D eigenvalue weighted by molar-refractivity contribution is -0.140. The number of para-hydroxylation sites is 1. The van der Waals surface area contributed by atoms with E-state index in [-0.39, 0.29) is 17.3 Å². The molecule has 0 fully saturated rings. The van der Waals surface area contributed by atoms with E-state index in [9.17, 15) is 18.0 Å². The van der Waals surface area contributed by atoms with Gasteiger partial charge in [0.25, 0.3) is 10.0 Å². The number of nitrogens with zero attached hydrogens (tertiary/aromatic N) is 2. The highest BCUT2D eigenvalue weighted by Crippen LogP contribution is 2.28. The van der Waals surface area contributed by atoms with Crippen LogP contribution in [0, 0.1) is 0 Å². The van der Waals surface area contributed by atoms with Crippen LogP contribution in [-0.4, -0.2) is 51.4 Å². The van der Waals surface area contributed by atoms with Crippen LogP contribution in [0.5, 0.6) is 5.75 Å². The lowest BCUT2D eigenvalue weighted by Crippen LogP contribution is -2.52. The first-order chi connectivity index (χ1) is 18.8. The number of hydrogen-bond donors (Lipinski definition) is 1. The summed E-state index contributed by atoms with van der Waals surface area (Å²) in [6.45, 7) is 5.67. The number of methoxy groups -OCH3 is 1. The van der Waals surface area contributed by atoms with E-state index in [4.69, 9.17) is 4.74 Å². The van der Waals surface area contributed by atoms with Crippen molar-refractivity contribution in [3.63, 3.8) is 0 Å². The zero-order valence-corrected chi connectivity index (χ0v) is 23.8. The summed E-state index contributed by atoms with van der Waals surface area (Å²) in [5.41, 5.74) is 2.02. The minimum absolute atomic E-state index is 0.0844. The second kappa shape index (κ2) is 13.8. The van der Waals surface area contributed by atoms with Crippen molar-refractivity contribution in [1.29, 1.82) is 0 Å². The fraction of sp³-hybridized carbons (Fsp3) is 0.333. The van der Waals surface area contributed by atoms with E-state index in [1.807, 2.05) is 45.0 Å². The molecule has 0 radical (unpaired) electrons. The summed E-state index contributed by atoms with van der Waals surface area (Å²) < 4.78 is 34.3. The molecule has 0 aromatic heterocycles. The summed E-state index contributed by atoms with van der Waals surface area (Å²) in [4.78, 5) is 28.6. The van der Waals surface area contributed by atoms with Gasteiger partial charge in [-0.3, -0.25) is 13.9 Å². The second-order valence-corrected chi connectivity index (χ2v) is 10.9. The molecule has 39 heavy (non-hydrogen) atoms. The van der Waals surface area contributed by atoms with Crippen molar-refractivity contribution in [2.45, 2.75) is 51.1 Å². The van der Waals surface area contributed by atoms with Crippen LogP contribution in [-0.2, 0) is 32.6 Å². The zero-order chi connectivity index (χ0) is 28.4. The fourth-order valence-corrected chi connectivity index (χ4v) is 5.90. The molecule has 0 aliphatic carbocycles. The van der Waals surface area contributed by atoms with Gasteiger partial charge in [0.05, 0.1) is 17.7 Å². The number of amides is 2. The van der Waals surface area contributed by atoms with Crippen molar-refractivity contribution < 1.29 is 22.7 Å². The molecular weight excluding hydrogens is 514 g/mol. The molecule has 3 aromatic rings. The molecule has 0 saturated heterocycles. The van der Waals surface area contributed by atoms with E-state index in [1.54, 1.807) is 49.6 Å². The first-order valence-corrected chi connectivity index (χ1v) is 14.6. The molecule has 0 aliphatic rings. The van der Waals surface area contributed by atoms with Crippen LogP contribution in [0.2, 0.25) is 0 Å². The van der Waals surface area contributed by atoms with E-state index < -0.39 is 28.5 Å². The highest BCUT2D eigenvalue weighted by molar-refractivity contribution is 7.92. The average Bonchev–Trinajstić information content (AvgIpc) is 2.96. The first-order valence-electron chi connectivity index (χ1n) is 13.1. The van der Waals surface area contributed by atoms with Crippen molar-refractivity contribution in [1.82, 2.24) is 10.2 Å². The molecule has 8 nitrogen and oxygen atoms in total. The SMILES string of the molecule is CCNC(=O)C(CC)N(Cc1ccc(OC)cc1)C(=O)CN(c1ccccc1CC)S(=O)(=O)c1ccccc1. The topological polar surface area (TPSA) is 96.0 Å². The number of nitrogens with one attached hydrogen (secondary N) is 1. The van der Waals surface area contributed by atoms with Crippen LogP contribution in [0.3, 0.4) is 0 Å². The van der Waals surface area contributed by atoms with Gasteiger partial charge in [-0.2, -0.15) is 0 Å². The van der Waals surface area contributed by atoms with Crippen molar-refractivity contribution >= 4 is 27.5 Å². The minimum atomic E-state index is -4.09. The van der Waals surface area contributed by atoms with Gasteiger partial charge in [-0.25, -0.2) is 8.42 Å². The smallest absolute Gasteiger partial charge is 0.264 e. The average molecular weight is 552 g/mol. The Bertz CT molecular complexity index is 1340. The van der Waals surface area contributed by atoms with Gasteiger partial charge in [0, 0.05) is 13.1 Å². The lowest BCUT2D eigenvalue weighted by Gasteiger charge is -2.33. The van der Waals surface area contributed by atoms with Gasteiger partial charge < -0.3 is 15.0 Å². The molecule has 0 heterocycles. The Morgan fingerprint density at radius 3 is 2.13 bits per heavy atom. The maximum Gasteiger partial charge on any atom is 0.264 e. The van der Waals surface area contributed by atoms with Crippen molar-refractivity contribution in [2.75, 3.05) is 24.5 Å². The number of carbonyl (C=O) groups is 2. The maximum absolute atomic E-state index is 14.1. The normalized spacial score (nSPS) is 11.9. The van der Waals surface area contributed by atoms with E-state index in [1.165, 1.54) is 17.0 Å². The highest BCUT2D eigenvalue weighted by atomic mass is 32.2. The molecule has 0 spiro atoms. The number of hydrogen-bond acceptors (Lipinski definition) is 5. The number of ether oxygens (including phenoxy) is 1. The summed E-state index contributed by atoms with van der Waals surface area (Å²) in [5.74, 6) is -0.0914. The zero-order valence-electron chi connectivity index (χ0n) is 23.0. The van der Waals surface area contributed by atoms with Gasteiger partial charge in [-0.05, 0) is 61.2 Å². The van der Waals surface area contributed by atoms with Crippen LogP contribution < -0.4 is 14.4 Å².